The number of amides is 1. The topological polar surface area (TPSA) is 51.5 Å². The van der Waals surface area contributed by atoms with Crippen LogP contribution in [0.5, 0.6) is 0 Å². The second-order valence-corrected chi connectivity index (χ2v) is 5.55. The fourth-order valence-corrected chi connectivity index (χ4v) is 2.78. The number of fused-ring (bicyclic) bond motifs is 1. The largest absolute Gasteiger partial charge is 0.458 e. The molecule has 4 nitrogen and oxygen atoms in total. The van der Waals surface area contributed by atoms with Crippen molar-refractivity contribution >= 4 is 28.2 Å². The first-order chi connectivity index (χ1) is 10.3. The molecule has 2 aromatic heterocycles. The molecule has 3 aromatic rings. The van der Waals surface area contributed by atoms with Crippen LogP contribution in [0, 0.1) is 0 Å². The van der Waals surface area contributed by atoms with E-state index in [4.69, 9.17) is 9.15 Å². The van der Waals surface area contributed by atoms with E-state index in [1.54, 1.807) is 13.2 Å². The average molecular weight is 301 g/mol. The van der Waals surface area contributed by atoms with Crippen molar-refractivity contribution < 1.29 is 13.9 Å². The molecule has 0 aliphatic rings. The van der Waals surface area contributed by atoms with Gasteiger partial charge in [0, 0.05) is 12.5 Å². The summed E-state index contributed by atoms with van der Waals surface area (Å²) in [4.78, 5) is 12.6. The molecule has 5 heteroatoms. The third kappa shape index (κ3) is 2.99. The number of nitrogens with one attached hydrogen (secondary N) is 1. The first-order valence-electron chi connectivity index (χ1n) is 6.61. The Morgan fingerprint density at radius 1 is 1.33 bits per heavy atom. The van der Waals surface area contributed by atoms with Crippen LogP contribution in [-0.2, 0) is 4.74 Å². The SMILES string of the molecule is CO[C@@H](CNC(=O)c1cccs1)c1cc2ccccc2o1. The zero-order valence-electron chi connectivity index (χ0n) is 11.5. The number of carbonyl (C=O) groups excluding carboxylic acids is 1. The average Bonchev–Trinajstić information content (AvgIpc) is 3.17. The molecule has 3 rings (SSSR count). The molecular formula is C16H15NO3S. The minimum atomic E-state index is -0.304. The number of furan rings is 1. The zero-order chi connectivity index (χ0) is 14.7. The molecule has 0 saturated heterocycles. The summed E-state index contributed by atoms with van der Waals surface area (Å²) in [5.41, 5.74) is 0.819. The zero-order valence-corrected chi connectivity index (χ0v) is 12.4. The molecule has 1 N–H and O–H groups in total. The highest BCUT2D eigenvalue weighted by atomic mass is 32.1. The highest BCUT2D eigenvalue weighted by Gasteiger charge is 2.17. The van der Waals surface area contributed by atoms with Crippen molar-refractivity contribution in [3.63, 3.8) is 0 Å². The fraction of sp³-hybridized carbons (Fsp3) is 0.188. The van der Waals surface area contributed by atoms with Crippen molar-refractivity contribution in [3.05, 3.63) is 58.5 Å². The Bertz CT molecular complexity index is 700. The van der Waals surface area contributed by atoms with E-state index >= 15 is 0 Å². The van der Waals surface area contributed by atoms with Gasteiger partial charge in [-0.05, 0) is 23.6 Å². The smallest absolute Gasteiger partial charge is 0.261 e. The summed E-state index contributed by atoms with van der Waals surface area (Å²) in [6.07, 6.45) is -0.304. The number of hydrogen-bond donors (Lipinski definition) is 1. The highest BCUT2D eigenvalue weighted by Crippen LogP contribution is 2.25. The number of benzene rings is 1. The maximum atomic E-state index is 11.9. The molecule has 0 aliphatic heterocycles. The Morgan fingerprint density at radius 2 is 2.19 bits per heavy atom. The summed E-state index contributed by atoms with van der Waals surface area (Å²) in [7, 11) is 1.61. The number of rotatable bonds is 5. The van der Waals surface area contributed by atoms with Crippen LogP contribution in [0.3, 0.4) is 0 Å². The van der Waals surface area contributed by atoms with Crippen LogP contribution < -0.4 is 5.32 Å². The maximum Gasteiger partial charge on any atom is 0.261 e. The van der Waals surface area contributed by atoms with E-state index in [0.29, 0.717) is 17.2 Å². The molecule has 0 spiro atoms. The first-order valence-corrected chi connectivity index (χ1v) is 7.49. The number of hydrogen-bond acceptors (Lipinski definition) is 4. The van der Waals surface area contributed by atoms with E-state index in [0.717, 1.165) is 11.0 Å². The summed E-state index contributed by atoms with van der Waals surface area (Å²) in [5.74, 6) is 0.619. The molecule has 21 heavy (non-hydrogen) atoms. The first kappa shape index (κ1) is 13.9. The van der Waals surface area contributed by atoms with Gasteiger partial charge >= 0.3 is 0 Å². The number of para-hydroxylation sites is 1. The van der Waals surface area contributed by atoms with Crippen LogP contribution in [-0.4, -0.2) is 19.6 Å². The quantitative estimate of drug-likeness (QED) is 0.783. The van der Waals surface area contributed by atoms with Gasteiger partial charge in [0.2, 0.25) is 0 Å². The molecule has 2 heterocycles. The molecule has 1 aromatic carbocycles. The molecule has 0 fully saturated rings. The van der Waals surface area contributed by atoms with Gasteiger partial charge in [0.15, 0.2) is 0 Å². The Labute approximate surface area is 126 Å². The molecule has 1 atom stereocenters. The number of ether oxygens (including phenoxy) is 1. The van der Waals surface area contributed by atoms with Gasteiger partial charge in [-0.3, -0.25) is 4.79 Å². The molecule has 0 aliphatic carbocycles. The summed E-state index contributed by atoms with van der Waals surface area (Å²) < 4.78 is 11.2. The molecular weight excluding hydrogens is 286 g/mol. The number of methoxy groups -OCH3 is 1. The van der Waals surface area contributed by atoms with E-state index in [1.165, 1.54) is 11.3 Å². The lowest BCUT2D eigenvalue weighted by molar-refractivity contribution is 0.0749. The molecule has 0 saturated carbocycles. The van der Waals surface area contributed by atoms with E-state index < -0.39 is 0 Å². The van der Waals surface area contributed by atoms with Crippen LogP contribution >= 0.6 is 11.3 Å². The lowest BCUT2D eigenvalue weighted by Gasteiger charge is -2.13. The number of carbonyl (C=O) groups is 1. The molecule has 0 unspecified atom stereocenters. The summed E-state index contributed by atoms with van der Waals surface area (Å²) in [5, 5.41) is 5.77. The molecule has 0 bridgehead atoms. The van der Waals surface area contributed by atoms with E-state index in [1.807, 2.05) is 41.8 Å². The minimum Gasteiger partial charge on any atom is -0.458 e. The Balaban J connectivity index is 1.71. The van der Waals surface area contributed by atoms with Crippen molar-refractivity contribution in [3.8, 4) is 0 Å². The van der Waals surface area contributed by atoms with Gasteiger partial charge in [-0.15, -0.1) is 11.3 Å². The lowest BCUT2D eigenvalue weighted by atomic mass is 10.2. The van der Waals surface area contributed by atoms with Gasteiger partial charge in [0.25, 0.3) is 5.91 Å². The van der Waals surface area contributed by atoms with Crippen molar-refractivity contribution in [2.45, 2.75) is 6.10 Å². The van der Waals surface area contributed by atoms with E-state index in [-0.39, 0.29) is 12.0 Å². The van der Waals surface area contributed by atoms with E-state index in [9.17, 15) is 4.79 Å². The van der Waals surface area contributed by atoms with Crippen LogP contribution in [0.4, 0.5) is 0 Å². The molecule has 1 amide bonds. The van der Waals surface area contributed by atoms with E-state index in [2.05, 4.69) is 5.32 Å². The Kier molecular flexibility index (Phi) is 4.03. The van der Waals surface area contributed by atoms with Crippen LogP contribution in [0.15, 0.2) is 52.3 Å². The second kappa shape index (κ2) is 6.11. The Hall–Kier alpha value is -2.11. The van der Waals surface area contributed by atoms with Crippen molar-refractivity contribution in [2.24, 2.45) is 0 Å². The van der Waals surface area contributed by atoms with Gasteiger partial charge < -0.3 is 14.5 Å². The van der Waals surface area contributed by atoms with Crippen molar-refractivity contribution in [2.75, 3.05) is 13.7 Å². The predicted molar refractivity (Wildman–Crippen MR) is 82.6 cm³/mol. The number of thiophene rings is 1. The predicted octanol–water partition coefficient (Wildman–Crippen LogP) is 3.61. The van der Waals surface area contributed by atoms with Crippen molar-refractivity contribution in [1.29, 1.82) is 0 Å². The standard InChI is InChI=1S/C16H15NO3S/c1-19-14(10-17-16(18)15-7-4-8-21-15)13-9-11-5-2-3-6-12(11)20-13/h2-9,14H,10H2,1H3,(H,17,18)/t14-/m0/s1. The van der Waals surface area contributed by atoms with Gasteiger partial charge in [0.1, 0.15) is 17.4 Å². The van der Waals surface area contributed by atoms with Crippen LogP contribution in [0.1, 0.15) is 21.5 Å². The maximum absolute atomic E-state index is 11.9. The summed E-state index contributed by atoms with van der Waals surface area (Å²) >= 11 is 1.41. The van der Waals surface area contributed by atoms with Gasteiger partial charge in [-0.2, -0.15) is 0 Å². The third-order valence-corrected chi connectivity index (χ3v) is 4.11. The van der Waals surface area contributed by atoms with Crippen LogP contribution in [0.2, 0.25) is 0 Å². The summed E-state index contributed by atoms with van der Waals surface area (Å²) in [6.45, 7) is 0.368. The summed E-state index contributed by atoms with van der Waals surface area (Å²) in [6, 6.07) is 13.4. The van der Waals surface area contributed by atoms with Crippen molar-refractivity contribution in [1.82, 2.24) is 5.32 Å². The third-order valence-electron chi connectivity index (χ3n) is 3.24. The molecule has 108 valence electrons. The Morgan fingerprint density at radius 3 is 2.90 bits per heavy atom. The fourth-order valence-electron chi connectivity index (χ4n) is 2.14. The van der Waals surface area contributed by atoms with Gasteiger partial charge in [-0.25, -0.2) is 0 Å². The lowest BCUT2D eigenvalue weighted by Crippen LogP contribution is -2.28. The monoisotopic (exact) mass is 301 g/mol. The van der Waals surface area contributed by atoms with Gasteiger partial charge in [-0.1, -0.05) is 24.3 Å². The minimum absolute atomic E-state index is 0.0943. The normalized spacial score (nSPS) is 12.4. The molecule has 0 radical (unpaired) electrons. The second-order valence-electron chi connectivity index (χ2n) is 4.60. The van der Waals surface area contributed by atoms with Crippen LogP contribution in [0.25, 0.3) is 11.0 Å². The van der Waals surface area contributed by atoms with Gasteiger partial charge in [0.05, 0.1) is 11.4 Å². The highest BCUT2D eigenvalue weighted by molar-refractivity contribution is 7.12.